The van der Waals surface area contributed by atoms with Crippen molar-refractivity contribution in [1.82, 2.24) is 0 Å². The van der Waals surface area contributed by atoms with Gasteiger partial charge in [-0.3, -0.25) is 0 Å². The fourth-order valence-corrected chi connectivity index (χ4v) is 3.97. The van der Waals surface area contributed by atoms with Crippen LogP contribution < -0.4 is 10.9 Å². The highest BCUT2D eigenvalue weighted by Gasteiger charge is 2.26. The van der Waals surface area contributed by atoms with Gasteiger partial charge >= 0.3 is 0 Å². The monoisotopic (exact) mass is 422 g/mol. The predicted molar refractivity (Wildman–Crippen MR) is 142 cm³/mol. The normalized spacial score (nSPS) is 13.5. The van der Waals surface area contributed by atoms with Gasteiger partial charge < -0.3 is 0 Å². The van der Waals surface area contributed by atoms with E-state index in [1.54, 1.807) is 0 Å². The van der Waals surface area contributed by atoms with E-state index < -0.39 is 0 Å². The molecule has 30 heavy (non-hydrogen) atoms. The first-order chi connectivity index (χ1) is 13.3. The minimum absolute atomic E-state index is 0.129. The average molecular weight is 422 g/mol. The van der Waals surface area contributed by atoms with E-state index in [2.05, 4.69) is 129 Å². The summed E-state index contributed by atoms with van der Waals surface area (Å²) in [6.45, 7) is 27.8. The summed E-state index contributed by atoms with van der Waals surface area (Å²) < 4.78 is 0. The Balaban J connectivity index is 2.72. The van der Waals surface area contributed by atoms with Gasteiger partial charge in [-0.05, 0) is 43.9 Å². The zero-order chi connectivity index (χ0) is 23.3. The van der Waals surface area contributed by atoms with Crippen LogP contribution in [0.15, 0.2) is 36.4 Å². The third-order valence-corrected chi connectivity index (χ3v) is 6.86. The molecule has 2 rings (SSSR count). The van der Waals surface area contributed by atoms with Crippen molar-refractivity contribution in [2.24, 2.45) is 0 Å². The van der Waals surface area contributed by atoms with Gasteiger partial charge in [0.1, 0.15) is 0 Å². The van der Waals surface area contributed by atoms with Crippen LogP contribution in [0.4, 0.5) is 0 Å². The van der Waals surface area contributed by atoms with Crippen molar-refractivity contribution in [3.05, 3.63) is 58.7 Å². The largest absolute Gasteiger partial charge is 0.231 e. The Morgan fingerprint density at radius 3 is 0.800 bits per heavy atom. The van der Waals surface area contributed by atoms with Crippen LogP contribution in [0.3, 0.4) is 0 Å². The summed E-state index contributed by atoms with van der Waals surface area (Å²) in [6.07, 6.45) is 0.275. The van der Waals surface area contributed by atoms with E-state index in [1.165, 1.54) is 33.2 Å². The van der Waals surface area contributed by atoms with Gasteiger partial charge in [-0.25, -0.2) is 0 Å². The predicted octanol–water partition coefficient (Wildman–Crippen LogP) is 6.86. The summed E-state index contributed by atoms with van der Waals surface area (Å²) in [4.78, 5) is 0. The number of benzene rings is 2. The Bertz CT molecular complexity index is 756. The molecule has 0 aromatic heterocycles. The standard InChI is InChI=1S/C28H44BP/c1-25(2,3)19-13-20(26(4,5)6)16-23(15-19)29(30)24-17-21(27(7,8)9)14-22(18-24)28(10,11)12/h13-18H,30H2,1-12H3. The summed E-state index contributed by atoms with van der Waals surface area (Å²) in [5, 5.41) is 0. The van der Waals surface area contributed by atoms with Gasteiger partial charge in [-0.2, -0.15) is 9.12 Å². The van der Waals surface area contributed by atoms with Gasteiger partial charge in [0, 0.05) is 0 Å². The van der Waals surface area contributed by atoms with Gasteiger partial charge in [0.2, 0.25) is 6.43 Å². The Hall–Kier alpha value is -1.07. The van der Waals surface area contributed by atoms with Crippen LogP contribution in [0.5, 0.6) is 0 Å². The molecule has 0 aliphatic heterocycles. The second-order valence-corrected chi connectivity index (χ2v) is 13.8. The van der Waals surface area contributed by atoms with Gasteiger partial charge in [0.25, 0.3) is 0 Å². The maximum atomic E-state index is 3.14. The third kappa shape index (κ3) is 6.00. The van der Waals surface area contributed by atoms with E-state index in [1.807, 2.05) is 0 Å². The zero-order valence-corrected chi connectivity index (χ0v) is 22.8. The lowest BCUT2D eigenvalue weighted by molar-refractivity contribution is 0.569. The molecule has 0 bridgehead atoms. The molecule has 1 atom stereocenters. The van der Waals surface area contributed by atoms with Crippen LogP contribution in [0, 0.1) is 0 Å². The van der Waals surface area contributed by atoms with E-state index in [0.717, 1.165) is 0 Å². The van der Waals surface area contributed by atoms with Crippen LogP contribution in [0.1, 0.15) is 105 Å². The van der Waals surface area contributed by atoms with Crippen molar-refractivity contribution in [2.75, 3.05) is 0 Å². The lowest BCUT2D eigenvalue weighted by atomic mass is 9.58. The van der Waals surface area contributed by atoms with E-state index in [0.29, 0.717) is 0 Å². The van der Waals surface area contributed by atoms with Crippen LogP contribution in [-0.2, 0) is 21.7 Å². The highest BCUT2D eigenvalue weighted by Crippen LogP contribution is 2.30. The summed E-state index contributed by atoms with van der Waals surface area (Å²) in [5.41, 5.74) is 8.97. The van der Waals surface area contributed by atoms with Gasteiger partial charge in [0.15, 0.2) is 0 Å². The molecule has 0 spiro atoms. The molecule has 0 saturated heterocycles. The van der Waals surface area contributed by atoms with Crippen molar-refractivity contribution < 1.29 is 0 Å². The minimum Gasteiger partial charge on any atom is -0.161 e. The molecule has 0 nitrogen and oxygen atoms in total. The molecule has 2 aromatic rings. The molecular weight excluding hydrogens is 378 g/mol. The molecule has 0 amide bonds. The van der Waals surface area contributed by atoms with Crippen LogP contribution in [0.25, 0.3) is 0 Å². The summed E-state index contributed by atoms with van der Waals surface area (Å²) in [6, 6.07) is 14.5. The van der Waals surface area contributed by atoms with Crippen molar-refractivity contribution in [3.63, 3.8) is 0 Å². The molecule has 2 aromatic carbocycles. The van der Waals surface area contributed by atoms with Crippen molar-refractivity contribution in [3.8, 4) is 0 Å². The van der Waals surface area contributed by atoms with Gasteiger partial charge in [-0.15, -0.1) is 0 Å². The SMILES string of the molecule is CC(C)(C)c1cc(B(P)c2cc(C(C)(C)C)cc(C(C)(C)C)c2)cc(C(C)(C)C)c1. The molecule has 0 fully saturated rings. The molecule has 0 aliphatic rings. The summed E-state index contributed by atoms with van der Waals surface area (Å²) >= 11 is 0. The smallest absolute Gasteiger partial charge is 0.161 e. The zero-order valence-electron chi connectivity index (χ0n) is 21.6. The number of hydrogen-bond donors (Lipinski definition) is 0. The fourth-order valence-electron chi connectivity index (χ4n) is 3.59. The minimum atomic E-state index is 0.129. The highest BCUT2D eigenvalue weighted by molar-refractivity contribution is 7.68. The third-order valence-electron chi connectivity index (χ3n) is 6.09. The Morgan fingerprint density at radius 2 is 0.633 bits per heavy atom. The van der Waals surface area contributed by atoms with Crippen molar-refractivity contribution in [1.29, 1.82) is 0 Å². The first-order valence-corrected chi connectivity index (χ1v) is 12.0. The summed E-state index contributed by atoms with van der Waals surface area (Å²) in [7, 11) is 3.14. The molecule has 164 valence electrons. The van der Waals surface area contributed by atoms with E-state index >= 15 is 0 Å². The number of rotatable bonds is 2. The fraction of sp³-hybridized carbons (Fsp3) is 0.571. The molecule has 0 heterocycles. The maximum Gasteiger partial charge on any atom is 0.231 e. The summed E-state index contributed by atoms with van der Waals surface area (Å²) in [5.74, 6) is 0. The topological polar surface area (TPSA) is 0 Å². The van der Waals surface area contributed by atoms with Crippen LogP contribution in [0.2, 0.25) is 0 Å². The molecule has 1 unspecified atom stereocenters. The Kier molecular flexibility index (Phi) is 6.83. The van der Waals surface area contributed by atoms with E-state index in [-0.39, 0.29) is 28.1 Å². The lowest BCUT2D eigenvalue weighted by Gasteiger charge is -2.29. The lowest BCUT2D eigenvalue weighted by Crippen LogP contribution is -2.39. The Labute approximate surface area is 189 Å². The molecule has 0 N–H and O–H groups in total. The van der Waals surface area contributed by atoms with E-state index in [9.17, 15) is 0 Å². The average Bonchev–Trinajstić information content (AvgIpc) is 2.57. The van der Waals surface area contributed by atoms with Crippen molar-refractivity contribution in [2.45, 2.75) is 105 Å². The molecule has 0 saturated carbocycles. The Morgan fingerprint density at radius 1 is 0.433 bits per heavy atom. The van der Waals surface area contributed by atoms with E-state index in [4.69, 9.17) is 0 Å². The molecule has 2 heteroatoms. The quantitative estimate of drug-likeness (QED) is 0.366. The first-order valence-electron chi connectivity index (χ1n) is 11.4. The van der Waals surface area contributed by atoms with Gasteiger partial charge in [0.05, 0.1) is 0 Å². The second kappa shape index (κ2) is 8.13. The molecular formula is C28H44BP. The van der Waals surface area contributed by atoms with Gasteiger partial charge in [-0.1, -0.05) is 130 Å². The maximum absolute atomic E-state index is 3.14. The van der Waals surface area contributed by atoms with Crippen molar-refractivity contribution >= 4 is 26.5 Å². The molecule has 0 aliphatic carbocycles. The molecule has 0 radical (unpaired) electrons. The number of hydrogen-bond acceptors (Lipinski definition) is 0. The first kappa shape index (κ1) is 25.2. The second-order valence-electron chi connectivity index (χ2n) is 13.2. The van der Waals surface area contributed by atoms with Crippen LogP contribution in [-0.4, -0.2) is 6.43 Å². The highest BCUT2D eigenvalue weighted by atomic mass is 31.0. The van der Waals surface area contributed by atoms with Crippen LogP contribution >= 0.6 is 9.12 Å².